The van der Waals surface area contributed by atoms with E-state index >= 15 is 0 Å². The lowest BCUT2D eigenvalue weighted by molar-refractivity contribution is -0.163. The standard InChI is InChI=1S/C32H31N5O3S4/c1-17-31-16-30(20-12-8-9-13-21(20)33-23(30)37(31)25(39)27(2,34(17)4)41-43-31)29-15-32-26(40)35(5)28(3,42-44-32)24(38)36(32)22(29)14-18-10-6-7-11-19(18)29/h6-13,22-23,33H,1,14-16H2,2-5H3/t22?,23?,27-,28-,29+,30?,31+,32+/m1/s1. The summed E-state index contributed by atoms with van der Waals surface area (Å²) >= 11 is 0. The molecule has 1 aliphatic carbocycles. The zero-order valence-corrected chi connectivity index (χ0v) is 28.0. The molecule has 1 N–H and O–H groups in total. The second-order valence-electron chi connectivity index (χ2n) is 13.9. The first-order valence-corrected chi connectivity index (χ1v) is 19.3. The van der Waals surface area contributed by atoms with Gasteiger partial charge in [0.1, 0.15) is 11.0 Å². The second-order valence-corrected chi connectivity index (χ2v) is 19.5. The number of rotatable bonds is 1. The van der Waals surface area contributed by atoms with Crippen LogP contribution in [0.3, 0.4) is 0 Å². The van der Waals surface area contributed by atoms with Gasteiger partial charge in [0.2, 0.25) is 0 Å². The minimum atomic E-state index is -1.02. The molecule has 9 aliphatic heterocycles. The number of piperazine rings is 2. The third-order valence-corrected chi connectivity index (χ3v) is 20.0. The van der Waals surface area contributed by atoms with Crippen molar-refractivity contribution < 1.29 is 14.4 Å². The molecule has 0 aromatic heterocycles. The average molecular weight is 662 g/mol. The van der Waals surface area contributed by atoms with Gasteiger partial charge in [-0.25, -0.2) is 0 Å². The number of amides is 3. The second kappa shape index (κ2) is 7.58. The summed E-state index contributed by atoms with van der Waals surface area (Å²) in [6.07, 6.45) is 1.44. The van der Waals surface area contributed by atoms with Gasteiger partial charge in [0, 0.05) is 49.8 Å². The van der Waals surface area contributed by atoms with Crippen LogP contribution in [-0.2, 0) is 31.6 Å². The molecule has 12 rings (SSSR count). The lowest BCUT2D eigenvalue weighted by Crippen LogP contribution is -2.75. The highest BCUT2D eigenvalue weighted by Gasteiger charge is 2.86. The van der Waals surface area contributed by atoms with E-state index in [1.165, 1.54) is 27.5 Å². The number of nitrogens with one attached hydrogen (secondary N) is 1. The Morgan fingerprint density at radius 2 is 1.36 bits per heavy atom. The molecule has 2 aromatic carbocycles. The number of anilines is 1. The molecule has 0 radical (unpaired) electrons. The lowest BCUT2D eigenvalue weighted by Gasteiger charge is -2.60. The molecule has 44 heavy (non-hydrogen) atoms. The van der Waals surface area contributed by atoms with Crippen LogP contribution in [0.4, 0.5) is 5.69 Å². The monoisotopic (exact) mass is 661 g/mol. The summed E-state index contributed by atoms with van der Waals surface area (Å²) in [5, 5.41) is 3.89. The van der Waals surface area contributed by atoms with Gasteiger partial charge in [-0.3, -0.25) is 19.3 Å². The third-order valence-electron chi connectivity index (χ3n) is 12.5. The maximum atomic E-state index is 14.7. The molecular formula is C32H31N5O3S4. The van der Waals surface area contributed by atoms with Crippen molar-refractivity contribution in [3.05, 3.63) is 77.5 Å². The maximum absolute atomic E-state index is 14.7. The van der Waals surface area contributed by atoms with E-state index in [4.69, 9.17) is 0 Å². The molecule has 8 fully saturated rings. The van der Waals surface area contributed by atoms with Crippen LogP contribution in [0, 0.1) is 0 Å². The first-order chi connectivity index (χ1) is 20.9. The molecule has 8 atom stereocenters. The van der Waals surface area contributed by atoms with Crippen LogP contribution in [0.15, 0.2) is 60.8 Å². The fraction of sp³-hybridized carbons (Fsp3) is 0.469. The number of likely N-dealkylation sites (N-methyl/N-ethyl adjacent to an activating group) is 2. The normalized spacial score (nSPS) is 45.4. The fourth-order valence-electron chi connectivity index (χ4n) is 10.3. The Morgan fingerprint density at radius 1 is 0.750 bits per heavy atom. The van der Waals surface area contributed by atoms with E-state index in [9.17, 15) is 14.4 Å². The Morgan fingerprint density at radius 3 is 2.14 bits per heavy atom. The first-order valence-electron chi connectivity index (χ1n) is 15.0. The third kappa shape index (κ3) is 2.34. The van der Waals surface area contributed by atoms with Crippen molar-refractivity contribution in [3.8, 4) is 0 Å². The summed E-state index contributed by atoms with van der Waals surface area (Å²) in [6, 6.07) is 16.9. The van der Waals surface area contributed by atoms with E-state index in [1.807, 2.05) is 31.9 Å². The number of fused-ring (bicyclic) bond motifs is 11. The molecule has 8 saturated heterocycles. The Labute approximate surface area is 271 Å². The number of benzene rings is 2. The smallest absolute Gasteiger partial charge is 0.262 e. The molecule has 2 aromatic rings. The molecule has 3 amide bonds. The van der Waals surface area contributed by atoms with Crippen molar-refractivity contribution in [1.29, 1.82) is 0 Å². The zero-order valence-electron chi connectivity index (χ0n) is 24.7. The topological polar surface area (TPSA) is 76.2 Å². The molecule has 0 saturated carbocycles. The van der Waals surface area contributed by atoms with Crippen molar-refractivity contribution >= 4 is 66.6 Å². The van der Waals surface area contributed by atoms with E-state index in [-0.39, 0.29) is 29.9 Å². The molecule has 3 unspecified atom stereocenters. The van der Waals surface area contributed by atoms with Crippen molar-refractivity contribution in [2.45, 2.75) is 75.6 Å². The minimum absolute atomic E-state index is 0.00858. The summed E-state index contributed by atoms with van der Waals surface area (Å²) < 4.78 is 0. The van der Waals surface area contributed by atoms with Gasteiger partial charge in [-0.15, -0.1) is 0 Å². The van der Waals surface area contributed by atoms with Crippen LogP contribution >= 0.6 is 43.2 Å². The van der Waals surface area contributed by atoms with Gasteiger partial charge in [-0.2, -0.15) is 0 Å². The van der Waals surface area contributed by atoms with Crippen LogP contribution in [-0.4, -0.2) is 83.1 Å². The van der Waals surface area contributed by atoms with Gasteiger partial charge in [-0.05, 0) is 43.0 Å². The van der Waals surface area contributed by atoms with Crippen molar-refractivity contribution in [1.82, 2.24) is 19.6 Å². The van der Waals surface area contributed by atoms with Crippen molar-refractivity contribution in [2.75, 3.05) is 19.4 Å². The Bertz CT molecular complexity index is 1700. The predicted octanol–water partition coefficient (Wildman–Crippen LogP) is 4.55. The van der Waals surface area contributed by atoms with Crippen LogP contribution in [0.25, 0.3) is 0 Å². The van der Waals surface area contributed by atoms with Gasteiger partial charge < -0.3 is 20.0 Å². The SMILES string of the molecule is C=C1N(C)[C@]2(C)SS[C@@]13CC1([C@]45C[C@@]67SS[C@](C)(C(=O)N6C4Cc4ccccc45)N(C)C7=O)c4ccccc4NC1N3C2=O. The van der Waals surface area contributed by atoms with E-state index in [2.05, 4.69) is 64.2 Å². The largest absolute Gasteiger partial charge is 0.364 e. The van der Waals surface area contributed by atoms with Crippen LogP contribution in [0.1, 0.15) is 43.4 Å². The number of carbonyl (C=O) groups is 3. The summed E-state index contributed by atoms with van der Waals surface area (Å²) in [5.41, 5.74) is 4.29. The molecule has 12 heteroatoms. The first kappa shape index (κ1) is 26.8. The Balaban J connectivity index is 1.31. The molecule has 8 nitrogen and oxygen atoms in total. The van der Waals surface area contributed by atoms with Crippen LogP contribution in [0.2, 0.25) is 0 Å². The van der Waals surface area contributed by atoms with Gasteiger partial charge in [0.25, 0.3) is 17.7 Å². The number of hydrogen-bond donors (Lipinski definition) is 1. The van der Waals surface area contributed by atoms with Gasteiger partial charge in [-0.1, -0.05) is 92.2 Å². The van der Waals surface area contributed by atoms with Crippen LogP contribution < -0.4 is 5.32 Å². The van der Waals surface area contributed by atoms with Gasteiger partial charge in [0.15, 0.2) is 14.6 Å². The minimum Gasteiger partial charge on any atom is -0.364 e. The number of carbonyl (C=O) groups excluding carboxylic acids is 3. The number of hydrogen-bond acceptors (Lipinski definition) is 9. The maximum Gasteiger partial charge on any atom is 0.262 e. The fourth-order valence-corrected chi connectivity index (χ4v) is 17.4. The average Bonchev–Trinajstić information content (AvgIpc) is 3.70. The van der Waals surface area contributed by atoms with Gasteiger partial charge in [0.05, 0.1) is 5.41 Å². The molecule has 4 bridgehead atoms. The molecular weight excluding hydrogens is 631 g/mol. The highest BCUT2D eigenvalue weighted by Crippen LogP contribution is 2.79. The summed E-state index contributed by atoms with van der Waals surface area (Å²) in [5.74, 6) is 0.110. The van der Waals surface area contributed by atoms with E-state index in [0.29, 0.717) is 19.3 Å². The van der Waals surface area contributed by atoms with Crippen LogP contribution in [0.5, 0.6) is 0 Å². The summed E-state index contributed by atoms with van der Waals surface area (Å²) in [7, 11) is 10.3. The van der Waals surface area contributed by atoms with Crippen molar-refractivity contribution in [2.24, 2.45) is 0 Å². The van der Waals surface area contributed by atoms with Gasteiger partial charge >= 0.3 is 0 Å². The quantitative estimate of drug-likeness (QED) is 0.444. The zero-order chi connectivity index (χ0) is 30.4. The number of para-hydroxylation sites is 1. The summed E-state index contributed by atoms with van der Waals surface area (Å²) in [4.78, 5) is 48.4. The Kier molecular flexibility index (Phi) is 4.61. The van der Waals surface area contributed by atoms with E-state index in [0.717, 1.165) is 11.4 Å². The number of nitrogens with zero attached hydrogens (tertiary/aromatic N) is 4. The molecule has 10 aliphatic rings. The summed E-state index contributed by atoms with van der Waals surface area (Å²) in [6.45, 7) is 8.55. The van der Waals surface area contributed by atoms with E-state index in [1.54, 1.807) is 44.3 Å². The highest BCUT2D eigenvalue weighted by atomic mass is 33.1. The lowest BCUT2D eigenvalue weighted by atomic mass is 9.53. The van der Waals surface area contributed by atoms with E-state index < -0.39 is 30.3 Å². The molecule has 9 heterocycles. The van der Waals surface area contributed by atoms with Crippen molar-refractivity contribution in [3.63, 3.8) is 0 Å². The highest BCUT2D eigenvalue weighted by molar-refractivity contribution is 8.78. The molecule has 226 valence electrons. The molecule has 2 spiro atoms. The predicted molar refractivity (Wildman–Crippen MR) is 176 cm³/mol. The Hall–Kier alpha value is -2.41.